The van der Waals surface area contributed by atoms with E-state index >= 15 is 0 Å². The number of nitrogens with two attached hydrogens (primary N) is 1. The van der Waals surface area contributed by atoms with Crippen LogP contribution < -0.4 is 11.1 Å². The Morgan fingerprint density at radius 1 is 1.50 bits per heavy atom. The molecule has 0 aliphatic heterocycles. The van der Waals surface area contributed by atoms with Crippen molar-refractivity contribution in [2.45, 2.75) is 19.0 Å². The minimum atomic E-state index is -0.392. The number of carbonyl (C=O) groups is 2. The smallest absolute Gasteiger partial charge is 0.147 e. The Morgan fingerprint density at radius 3 is 2.50 bits per heavy atom. The van der Waals surface area contributed by atoms with Gasteiger partial charge >= 0.3 is 0 Å². The van der Waals surface area contributed by atoms with Crippen molar-refractivity contribution < 1.29 is 9.59 Å². The lowest BCUT2D eigenvalue weighted by atomic mass is 10.3. The Balaban J connectivity index is 3.45. The quantitative estimate of drug-likeness (QED) is 0.353. The highest BCUT2D eigenvalue weighted by atomic mass is 33.1. The summed E-state index contributed by atoms with van der Waals surface area (Å²) in [4.78, 5) is 21.2. The molecule has 0 aromatic heterocycles. The molecule has 0 bridgehead atoms. The molecule has 14 heavy (non-hydrogen) atoms. The number of likely N-dealkylation sites (N-methyl/N-ethyl adjacent to an activating group) is 1. The number of rotatable bonds is 8. The van der Waals surface area contributed by atoms with Crippen molar-refractivity contribution in [2.24, 2.45) is 5.73 Å². The molecule has 0 radical (unpaired) electrons. The number of hydrogen-bond donors (Lipinski definition) is 2. The highest BCUT2D eigenvalue weighted by molar-refractivity contribution is 8.76. The molecular weight excluding hydrogens is 220 g/mol. The first kappa shape index (κ1) is 14.0. The van der Waals surface area contributed by atoms with Gasteiger partial charge in [0.1, 0.15) is 12.1 Å². The van der Waals surface area contributed by atoms with Gasteiger partial charge in [0, 0.05) is 11.5 Å². The molecule has 0 aromatic carbocycles. The van der Waals surface area contributed by atoms with E-state index in [0.717, 1.165) is 6.29 Å². The highest BCUT2D eigenvalue weighted by Gasteiger charge is 2.09. The molecule has 4 nitrogen and oxygen atoms in total. The fourth-order valence-electron chi connectivity index (χ4n) is 0.551. The Kier molecular flexibility index (Phi) is 8.26. The van der Waals surface area contributed by atoms with Gasteiger partial charge in [-0.3, -0.25) is 4.79 Å². The van der Waals surface area contributed by atoms with Crippen molar-refractivity contribution in [3.05, 3.63) is 0 Å². The molecule has 0 spiro atoms. The van der Waals surface area contributed by atoms with Crippen LogP contribution in [0.25, 0.3) is 0 Å². The zero-order chi connectivity index (χ0) is 11.0. The number of nitrogens with one attached hydrogen (secondary N) is 1. The van der Waals surface area contributed by atoms with Crippen LogP contribution >= 0.6 is 21.6 Å². The van der Waals surface area contributed by atoms with E-state index in [0.29, 0.717) is 11.5 Å². The number of aldehydes is 1. The molecule has 0 fully saturated rings. The predicted octanol–water partition coefficient (Wildman–Crippen LogP) is 0.0710. The normalized spacial score (nSPS) is 14.8. The zero-order valence-electron chi connectivity index (χ0n) is 8.36. The summed E-state index contributed by atoms with van der Waals surface area (Å²) >= 11 is 0. The Morgan fingerprint density at radius 2 is 2.07 bits per heavy atom. The molecule has 0 rings (SSSR count). The molecule has 0 saturated carbocycles. The van der Waals surface area contributed by atoms with Crippen LogP contribution in [-0.4, -0.2) is 42.7 Å². The molecule has 0 heterocycles. The second kappa shape index (κ2) is 8.28. The second-order valence-electron chi connectivity index (χ2n) is 2.82. The first-order valence-corrected chi connectivity index (χ1v) is 6.73. The number of Topliss-reactive ketones (excluding diaryl/α,β-unsaturated/α-hetero) is 1. The van der Waals surface area contributed by atoms with Crippen molar-refractivity contribution >= 4 is 33.7 Å². The van der Waals surface area contributed by atoms with E-state index in [4.69, 9.17) is 5.73 Å². The molecule has 0 aliphatic rings. The molecule has 0 unspecified atom stereocenters. The standard InChI is InChI=1S/C8H16N2O2S2/c1-6(12)8(9)5-14-13-4-7(3-11)10-2/h3,7-8,10H,4-5,9H2,1-2H3/t7-,8+/m1/s1. The minimum Gasteiger partial charge on any atom is -0.321 e. The van der Waals surface area contributed by atoms with Gasteiger partial charge in [-0.05, 0) is 14.0 Å². The van der Waals surface area contributed by atoms with Gasteiger partial charge in [-0.1, -0.05) is 21.6 Å². The largest absolute Gasteiger partial charge is 0.321 e. The lowest BCUT2D eigenvalue weighted by molar-refractivity contribution is -0.117. The lowest BCUT2D eigenvalue weighted by Crippen LogP contribution is -2.31. The third-order valence-corrected chi connectivity index (χ3v) is 4.11. The fraction of sp³-hybridized carbons (Fsp3) is 0.750. The van der Waals surface area contributed by atoms with Crippen LogP contribution in [0.15, 0.2) is 0 Å². The summed E-state index contributed by atoms with van der Waals surface area (Å²) in [6.07, 6.45) is 0.873. The van der Waals surface area contributed by atoms with Gasteiger partial charge in [0.05, 0.1) is 12.1 Å². The lowest BCUT2D eigenvalue weighted by Gasteiger charge is -2.09. The molecular formula is C8H16N2O2S2. The highest BCUT2D eigenvalue weighted by Crippen LogP contribution is 2.22. The summed E-state index contributed by atoms with van der Waals surface area (Å²) in [5.74, 6) is 1.28. The third-order valence-electron chi connectivity index (χ3n) is 1.64. The molecule has 3 N–H and O–H groups in total. The molecule has 6 heteroatoms. The van der Waals surface area contributed by atoms with Crippen molar-refractivity contribution in [3.63, 3.8) is 0 Å². The zero-order valence-corrected chi connectivity index (χ0v) is 9.99. The fourth-order valence-corrected chi connectivity index (χ4v) is 2.97. The average Bonchev–Trinajstić information content (AvgIpc) is 2.17. The Hall–Kier alpha value is -0.0400. The summed E-state index contributed by atoms with van der Waals surface area (Å²) in [5.41, 5.74) is 5.53. The van der Waals surface area contributed by atoms with Crippen LogP contribution in [0.3, 0.4) is 0 Å². The van der Waals surface area contributed by atoms with E-state index in [1.807, 2.05) is 0 Å². The molecule has 2 atom stereocenters. The SMILES string of the molecule is CN[C@H](C=O)CSSC[C@H](N)C(C)=O. The van der Waals surface area contributed by atoms with E-state index in [2.05, 4.69) is 5.32 Å². The van der Waals surface area contributed by atoms with Crippen molar-refractivity contribution in [1.82, 2.24) is 5.32 Å². The second-order valence-corrected chi connectivity index (χ2v) is 5.37. The van der Waals surface area contributed by atoms with Gasteiger partial charge in [-0.15, -0.1) is 0 Å². The van der Waals surface area contributed by atoms with Gasteiger partial charge in [0.2, 0.25) is 0 Å². The van der Waals surface area contributed by atoms with Gasteiger partial charge in [0.25, 0.3) is 0 Å². The Labute approximate surface area is 92.2 Å². The van der Waals surface area contributed by atoms with E-state index in [-0.39, 0.29) is 11.8 Å². The minimum absolute atomic E-state index is 0.00125. The van der Waals surface area contributed by atoms with Crippen molar-refractivity contribution in [3.8, 4) is 0 Å². The number of carbonyl (C=O) groups excluding carboxylic acids is 2. The third kappa shape index (κ3) is 6.42. The monoisotopic (exact) mass is 236 g/mol. The van der Waals surface area contributed by atoms with E-state index < -0.39 is 6.04 Å². The van der Waals surface area contributed by atoms with Gasteiger partial charge in [-0.2, -0.15) is 0 Å². The maximum absolute atomic E-state index is 10.8. The maximum Gasteiger partial charge on any atom is 0.147 e. The first-order valence-electron chi connectivity index (χ1n) is 4.24. The summed E-state index contributed by atoms with van der Waals surface area (Å²) in [7, 11) is 4.81. The van der Waals surface area contributed by atoms with Crippen molar-refractivity contribution in [1.29, 1.82) is 0 Å². The van der Waals surface area contributed by atoms with Crippen LogP contribution in [0, 0.1) is 0 Å². The van der Waals surface area contributed by atoms with Crippen LogP contribution in [0.4, 0.5) is 0 Å². The van der Waals surface area contributed by atoms with E-state index in [1.165, 1.54) is 17.7 Å². The Bertz CT molecular complexity index is 186. The summed E-state index contributed by atoms with van der Waals surface area (Å²) in [6.45, 7) is 1.48. The van der Waals surface area contributed by atoms with Gasteiger partial charge in [-0.25, -0.2) is 0 Å². The summed E-state index contributed by atoms with van der Waals surface area (Å²) in [6, 6.07) is -0.516. The predicted molar refractivity (Wildman–Crippen MR) is 62.5 cm³/mol. The first-order chi connectivity index (χ1) is 6.61. The molecule has 0 aromatic rings. The van der Waals surface area contributed by atoms with Crippen molar-refractivity contribution in [2.75, 3.05) is 18.6 Å². The molecule has 82 valence electrons. The number of hydrogen-bond acceptors (Lipinski definition) is 6. The van der Waals surface area contributed by atoms with Crippen LogP contribution in [0.1, 0.15) is 6.92 Å². The van der Waals surface area contributed by atoms with E-state index in [9.17, 15) is 9.59 Å². The summed E-state index contributed by atoms with van der Waals surface area (Å²) in [5, 5.41) is 2.86. The van der Waals surface area contributed by atoms with Crippen LogP contribution in [0.5, 0.6) is 0 Å². The number of ketones is 1. The van der Waals surface area contributed by atoms with Crippen LogP contribution in [-0.2, 0) is 9.59 Å². The topological polar surface area (TPSA) is 72.2 Å². The van der Waals surface area contributed by atoms with Gasteiger partial charge < -0.3 is 15.8 Å². The molecule has 0 amide bonds. The molecule has 0 saturated heterocycles. The van der Waals surface area contributed by atoms with E-state index in [1.54, 1.807) is 17.8 Å². The summed E-state index contributed by atoms with van der Waals surface area (Å²) < 4.78 is 0. The van der Waals surface area contributed by atoms with Crippen LogP contribution in [0.2, 0.25) is 0 Å². The van der Waals surface area contributed by atoms with Gasteiger partial charge in [0.15, 0.2) is 0 Å². The average molecular weight is 236 g/mol. The molecule has 0 aliphatic carbocycles. The maximum atomic E-state index is 10.8.